The maximum absolute atomic E-state index is 9.92. The first-order valence-electron chi connectivity index (χ1n) is 2.31. The van der Waals surface area contributed by atoms with Crippen LogP contribution >= 0.6 is 0 Å². The third-order valence-electron chi connectivity index (χ3n) is 0.835. The second-order valence-electron chi connectivity index (χ2n) is 1.60. The van der Waals surface area contributed by atoms with Crippen molar-refractivity contribution in [3.8, 4) is 0 Å². The van der Waals surface area contributed by atoms with Gasteiger partial charge in [0, 0.05) is 0 Å². The molecule has 0 atom stereocenters. The monoisotopic (exact) mass is 126 g/mol. The lowest BCUT2D eigenvalue weighted by Crippen LogP contribution is -2.05. The van der Waals surface area contributed by atoms with E-state index in [4.69, 9.17) is 0 Å². The van der Waals surface area contributed by atoms with Crippen molar-refractivity contribution in [1.29, 1.82) is 0 Å². The van der Waals surface area contributed by atoms with E-state index >= 15 is 0 Å². The van der Waals surface area contributed by atoms with E-state index in [1.165, 1.54) is 6.08 Å². The van der Waals surface area contributed by atoms with Crippen molar-refractivity contribution >= 4 is 5.84 Å². The van der Waals surface area contributed by atoms with Crippen LogP contribution in [0.3, 0.4) is 0 Å². The second-order valence-corrected chi connectivity index (χ2v) is 1.60. The van der Waals surface area contributed by atoms with Gasteiger partial charge >= 0.3 is 5.84 Å². The minimum absolute atomic E-state index is 0.187. The van der Waals surface area contributed by atoms with Gasteiger partial charge in [0.25, 0.3) is 0 Å². The third-order valence-corrected chi connectivity index (χ3v) is 0.835. The van der Waals surface area contributed by atoms with Gasteiger partial charge in [-0.3, -0.25) is 0 Å². The molecule has 1 radical (unpaired) electrons. The number of nitrogens with zero attached hydrogens (tertiary/aromatic N) is 3. The largest absolute Gasteiger partial charge is 0.392 e. The van der Waals surface area contributed by atoms with Crippen molar-refractivity contribution in [1.82, 2.24) is 5.43 Å². The lowest BCUT2D eigenvalue weighted by molar-refractivity contribution is -0.348. The molecule has 5 heteroatoms. The molecule has 0 amide bonds. The van der Waals surface area contributed by atoms with Crippen LogP contribution in [0.25, 0.3) is 0 Å². The second kappa shape index (κ2) is 1.85. The first-order valence-corrected chi connectivity index (χ1v) is 2.31. The van der Waals surface area contributed by atoms with E-state index < -0.39 is 4.92 Å². The van der Waals surface area contributed by atoms with Crippen LogP contribution < -0.4 is 5.43 Å². The van der Waals surface area contributed by atoms with Crippen LogP contribution in [-0.4, -0.2) is 10.8 Å². The van der Waals surface area contributed by atoms with Crippen molar-refractivity contribution in [3.63, 3.8) is 0 Å². The lowest BCUT2D eigenvalue weighted by atomic mass is 10.4. The van der Waals surface area contributed by atoms with E-state index in [1.807, 2.05) is 0 Å². The molecular weight excluding hydrogens is 122 g/mol. The molecular formula is C4H4N3O2. The zero-order valence-electron chi connectivity index (χ0n) is 4.74. The van der Waals surface area contributed by atoms with Gasteiger partial charge in [0.1, 0.15) is 0 Å². The summed E-state index contributed by atoms with van der Waals surface area (Å²) in [5.74, 6) is -0.187. The first kappa shape index (κ1) is 5.74. The minimum Gasteiger partial charge on any atom is -0.358 e. The van der Waals surface area contributed by atoms with E-state index in [2.05, 4.69) is 10.5 Å². The van der Waals surface area contributed by atoms with Gasteiger partial charge < -0.3 is 10.1 Å². The number of hydrogen-bond donors (Lipinski definition) is 0. The average Bonchev–Trinajstić information content (AvgIpc) is 2.14. The van der Waals surface area contributed by atoms with Crippen LogP contribution in [0.2, 0.25) is 0 Å². The van der Waals surface area contributed by atoms with Gasteiger partial charge in [-0.25, -0.2) is 0 Å². The SMILES string of the molecule is CC1=CC([N+](=O)[O-])=N[N]1. The Balaban J connectivity index is 2.75. The molecule has 0 saturated carbocycles. The number of allylic oxidation sites excluding steroid dienone is 1. The summed E-state index contributed by atoms with van der Waals surface area (Å²) in [4.78, 5) is 9.35. The molecule has 0 saturated heterocycles. The highest BCUT2D eigenvalue weighted by atomic mass is 16.6. The molecule has 0 N–H and O–H groups in total. The van der Waals surface area contributed by atoms with Crippen LogP contribution in [0, 0.1) is 10.1 Å². The molecule has 0 unspecified atom stereocenters. The van der Waals surface area contributed by atoms with Crippen molar-refractivity contribution in [2.75, 3.05) is 0 Å². The fraction of sp³-hybridized carbons (Fsp3) is 0.250. The fourth-order valence-corrected chi connectivity index (χ4v) is 0.464. The van der Waals surface area contributed by atoms with Gasteiger partial charge in [-0.15, -0.1) is 0 Å². The van der Waals surface area contributed by atoms with Gasteiger partial charge in [0.05, 0.1) is 16.9 Å². The lowest BCUT2D eigenvalue weighted by Gasteiger charge is -1.82. The predicted octanol–water partition coefficient (Wildman–Crippen LogP) is 0.0984. The normalized spacial score (nSPS) is 16.1. The Morgan fingerprint density at radius 1 is 1.78 bits per heavy atom. The highest BCUT2D eigenvalue weighted by Gasteiger charge is 2.17. The Bertz CT molecular complexity index is 206. The van der Waals surface area contributed by atoms with Crippen LogP contribution in [0.5, 0.6) is 0 Å². The van der Waals surface area contributed by atoms with Crippen LogP contribution in [0.4, 0.5) is 0 Å². The maximum Gasteiger partial charge on any atom is 0.392 e. The molecule has 0 aromatic carbocycles. The Kier molecular flexibility index (Phi) is 1.18. The molecule has 5 nitrogen and oxygen atoms in total. The zero-order valence-corrected chi connectivity index (χ0v) is 4.74. The summed E-state index contributed by atoms with van der Waals surface area (Å²) in [6, 6.07) is 0. The Hall–Kier alpha value is -1.39. The molecule has 0 aromatic heterocycles. The summed E-state index contributed by atoms with van der Waals surface area (Å²) in [7, 11) is 0. The molecule has 9 heavy (non-hydrogen) atoms. The molecule has 0 aliphatic carbocycles. The third kappa shape index (κ3) is 1.04. The molecule has 1 aliphatic rings. The van der Waals surface area contributed by atoms with Gasteiger partial charge in [0.2, 0.25) is 0 Å². The first-order chi connectivity index (χ1) is 4.20. The summed E-state index contributed by atoms with van der Waals surface area (Å²) in [6.45, 7) is 1.65. The van der Waals surface area contributed by atoms with Crippen molar-refractivity contribution < 1.29 is 4.92 Å². The number of hydrogen-bond acceptors (Lipinski definition) is 3. The molecule has 0 aromatic rings. The predicted molar refractivity (Wildman–Crippen MR) is 30.3 cm³/mol. The van der Waals surface area contributed by atoms with Gasteiger partial charge in [-0.1, -0.05) is 0 Å². The van der Waals surface area contributed by atoms with E-state index in [1.54, 1.807) is 6.92 Å². The van der Waals surface area contributed by atoms with Crippen molar-refractivity contribution in [2.45, 2.75) is 6.92 Å². The quantitative estimate of drug-likeness (QED) is 0.341. The van der Waals surface area contributed by atoms with Crippen LogP contribution in [0.15, 0.2) is 16.9 Å². The van der Waals surface area contributed by atoms with E-state index in [9.17, 15) is 10.1 Å². The summed E-state index contributed by atoms with van der Waals surface area (Å²) < 4.78 is 0. The van der Waals surface area contributed by atoms with E-state index in [0.29, 0.717) is 5.70 Å². The van der Waals surface area contributed by atoms with Crippen molar-refractivity contribution in [3.05, 3.63) is 21.9 Å². The van der Waals surface area contributed by atoms with Gasteiger partial charge in [0.15, 0.2) is 0 Å². The Labute approximate surface area is 51.2 Å². The van der Waals surface area contributed by atoms with Crippen molar-refractivity contribution in [2.24, 2.45) is 5.10 Å². The van der Waals surface area contributed by atoms with E-state index in [0.717, 1.165) is 0 Å². The minimum atomic E-state index is -0.569. The summed E-state index contributed by atoms with van der Waals surface area (Å²) in [6.07, 6.45) is 1.32. The molecule has 1 heterocycles. The van der Waals surface area contributed by atoms with Gasteiger partial charge in [-0.2, -0.15) is 0 Å². The molecule has 47 valence electrons. The summed E-state index contributed by atoms with van der Waals surface area (Å²) >= 11 is 0. The molecule has 1 rings (SSSR count). The molecule has 1 aliphatic heterocycles. The molecule has 0 bridgehead atoms. The highest BCUT2D eigenvalue weighted by molar-refractivity contribution is 5.87. The topological polar surface area (TPSA) is 69.6 Å². The fourth-order valence-electron chi connectivity index (χ4n) is 0.464. The maximum atomic E-state index is 9.92. The highest BCUT2D eigenvalue weighted by Crippen LogP contribution is 1.99. The zero-order chi connectivity index (χ0) is 6.85. The van der Waals surface area contributed by atoms with Crippen LogP contribution in [-0.2, 0) is 0 Å². The Morgan fingerprint density at radius 3 is 2.67 bits per heavy atom. The number of amidine groups is 1. The van der Waals surface area contributed by atoms with E-state index in [-0.39, 0.29) is 5.84 Å². The number of nitro groups is 1. The molecule has 0 spiro atoms. The van der Waals surface area contributed by atoms with Crippen LogP contribution in [0.1, 0.15) is 6.92 Å². The van der Waals surface area contributed by atoms with Gasteiger partial charge in [-0.05, 0) is 17.3 Å². The number of rotatable bonds is 0. The Morgan fingerprint density at radius 2 is 2.44 bits per heavy atom. The summed E-state index contributed by atoms with van der Waals surface area (Å²) in [5, 5.41) is 13.2. The molecule has 0 fully saturated rings. The summed E-state index contributed by atoms with van der Waals surface area (Å²) in [5.41, 5.74) is 4.02. The average molecular weight is 126 g/mol. The standard InChI is InChI=1S/C4H4N3O2/c1-3-2-4(6-5-3)7(8)9/h2H,1H3. The smallest absolute Gasteiger partial charge is 0.358 e.